The number of hydrogen-bond acceptors (Lipinski definition) is 6. The lowest BCUT2D eigenvalue weighted by atomic mass is 9.83. The van der Waals surface area contributed by atoms with Gasteiger partial charge in [-0.15, -0.1) is 11.3 Å². The van der Waals surface area contributed by atoms with E-state index < -0.39 is 29.1 Å². The van der Waals surface area contributed by atoms with Gasteiger partial charge in [-0.05, 0) is 25.1 Å². The van der Waals surface area contributed by atoms with Crippen molar-refractivity contribution < 1.29 is 18.3 Å². The Morgan fingerprint density at radius 3 is 2.52 bits per heavy atom. The molecule has 0 fully saturated rings. The van der Waals surface area contributed by atoms with Gasteiger partial charge in [0.05, 0.1) is 34.3 Å². The maximum absolute atomic E-state index is 14.8. The average molecular weight is 465 g/mol. The van der Waals surface area contributed by atoms with Gasteiger partial charge in [0.1, 0.15) is 22.1 Å². The Morgan fingerprint density at radius 2 is 1.88 bits per heavy atom. The van der Waals surface area contributed by atoms with E-state index in [2.05, 4.69) is 0 Å². The third-order valence-electron chi connectivity index (χ3n) is 5.17. The lowest BCUT2D eigenvalue weighted by Gasteiger charge is -2.24. The molecular formula is C24H17F2N3O3S. The van der Waals surface area contributed by atoms with Crippen molar-refractivity contribution in [1.29, 1.82) is 5.26 Å². The number of aromatic nitrogens is 1. The molecule has 2 N–H and O–H groups in total. The molecule has 0 spiro atoms. The van der Waals surface area contributed by atoms with E-state index in [1.165, 1.54) is 42.5 Å². The number of nitrogens with two attached hydrogens (primary N) is 1. The summed E-state index contributed by atoms with van der Waals surface area (Å²) in [5.41, 5.74) is 5.55. The monoisotopic (exact) mass is 465 g/mol. The summed E-state index contributed by atoms with van der Waals surface area (Å²) < 4.78 is 35.4. The summed E-state index contributed by atoms with van der Waals surface area (Å²) in [7, 11) is 0. The molecule has 0 saturated heterocycles. The van der Waals surface area contributed by atoms with E-state index >= 15 is 0 Å². The van der Waals surface area contributed by atoms with E-state index in [1.807, 2.05) is 6.07 Å². The second kappa shape index (κ2) is 8.84. The fraction of sp³-hybridized carbons (Fsp3) is 0.125. The molecule has 6 nitrogen and oxygen atoms in total. The first-order valence-electron chi connectivity index (χ1n) is 9.93. The number of carbonyl (C=O) groups excluding carboxylic acids is 1. The van der Waals surface area contributed by atoms with E-state index in [9.17, 15) is 23.6 Å². The highest BCUT2D eigenvalue weighted by Gasteiger charge is 2.37. The summed E-state index contributed by atoms with van der Waals surface area (Å²) in [6.45, 7) is 1.63. The molecule has 4 rings (SSSR count). The Bertz CT molecular complexity index is 1530. The number of hydrogen-bond donors (Lipinski definition) is 1. The highest BCUT2D eigenvalue weighted by Crippen LogP contribution is 2.37. The quantitative estimate of drug-likeness (QED) is 0.596. The third-order valence-corrected chi connectivity index (χ3v) is 6.28. The van der Waals surface area contributed by atoms with Crippen LogP contribution < -0.4 is 20.5 Å². The summed E-state index contributed by atoms with van der Waals surface area (Å²) in [6.07, 6.45) is 1.34. The highest BCUT2D eigenvalue weighted by atomic mass is 32.1. The maximum atomic E-state index is 14.8. The minimum absolute atomic E-state index is 0.0250. The largest absolute Gasteiger partial charge is 0.463 e. The predicted octanol–water partition coefficient (Wildman–Crippen LogP) is 2.18. The predicted molar refractivity (Wildman–Crippen MR) is 120 cm³/mol. The third kappa shape index (κ3) is 3.75. The van der Waals surface area contributed by atoms with Gasteiger partial charge in [0.15, 0.2) is 0 Å². The molecule has 9 heteroatoms. The molecule has 1 atom stereocenters. The molecule has 1 aliphatic heterocycles. The second-order valence-corrected chi connectivity index (χ2v) is 8.11. The lowest BCUT2D eigenvalue weighted by Crippen LogP contribution is -2.40. The zero-order valence-corrected chi connectivity index (χ0v) is 18.2. The van der Waals surface area contributed by atoms with Crippen molar-refractivity contribution in [3.63, 3.8) is 0 Å². The Morgan fingerprint density at radius 1 is 1.21 bits per heavy atom. The van der Waals surface area contributed by atoms with E-state index in [4.69, 9.17) is 10.5 Å². The van der Waals surface area contributed by atoms with Gasteiger partial charge in [0, 0.05) is 11.1 Å². The maximum Gasteiger partial charge on any atom is 0.338 e. The molecule has 2 aromatic carbocycles. The van der Waals surface area contributed by atoms with Gasteiger partial charge in [-0.3, -0.25) is 9.36 Å². The van der Waals surface area contributed by atoms with Crippen LogP contribution >= 0.6 is 11.3 Å². The van der Waals surface area contributed by atoms with Crippen LogP contribution in [0, 0.1) is 23.0 Å². The number of nitrogens with zero attached hydrogens (tertiary/aromatic N) is 2. The Hall–Kier alpha value is -4.03. The van der Waals surface area contributed by atoms with Crippen LogP contribution in [-0.4, -0.2) is 17.1 Å². The summed E-state index contributed by atoms with van der Waals surface area (Å²) in [6, 6.07) is 13.5. The van der Waals surface area contributed by atoms with Gasteiger partial charge in [0.2, 0.25) is 0 Å². The van der Waals surface area contributed by atoms with Crippen LogP contribution in [0.1, 0.15) is 24.0 Å². The standard InChI is InChI=1S/C24H17F2N3O3S/c1-2-32-24(31)20-19(14-8-4-6-10-17(14)26)15(12-27)21(28)29-22(30)18(33-23(20)29)11-13-7-3-5-9-16(13)25/h3-11,19H,2,28H2,1H3/b18-11+/t19-/m1/s1. The number of rotatable bonds is 4. The Balaban J connectivity index is 2.14. The van der Waals surface area contributed by atoms with Crippen molar-refractivity contribution in [2.45, 2.75) is 12.8 Å². The molecule has 1 aromatic heterocycles. The van der Waals surface area contributed by atoms with Gasteiger partial charge in [-0.25, -0.2) is 13.6 Å². The van der Waals surface area contributed by atoms with E-state index in [0.29, 0.717) is 0 Å². The number of carbonyl (C=O) groups is 1. The first-order valence-corrected chi connectivity index (χ1v) is 10.7. The molecule has 2 heterocycles. The van der Waals surface area contributed by atoms with E-state index in [1.54, 1.807) is 19.1 Å². The number of esters is 1. The fourth-order valence-corrected chi connectivity index (χ4v) is 4.86. The smallest absolute Gasteiger partial charge is 0.338 e. The van der Waals surface area contributed by atoms with Gasteiger partial charge in [-0.1, -0.05) is 36.4 Å². The summed E-state index contributed by atoms with van der Waals surface area (Å²) >= 11 is 0.893. The van der Waals surface area contributed by atoms with Gasteiger partial charge < -0.3 is 10.5 Å². The van der Waals surface area contributed by atoms with Crippen molar-refractivity contribution in [1.82, 2.24) is 4.57 Å². The Labute approximate surface area is 190 Å². The summed E-state index contributed by atoms with van der Waals surface area (Å²) in [4.78, 5) is 26.2. The first-order chi connectivity index (χ1) is 15.9. The second-order valence-electron chi connectivity index (χ2n) is 7.08. The van der Waals surface area contributed by atoms with Crippen LogP contribution in [0.25, 0.3) is 17.5 Å². The number of allylic oxidation sites excluding steroid dienone is 1. The minimum Gasteiger partial charge on any atom is -0.463 e. The van der Waals surface area contributed by atoms with Crippen LogP contribution in [0.4, 0.5) is 8.78 Å². The molecule has 0 unspecified atom stereocenters. The van der Waals surface area contributed by atoms with Crippen LogP contribution in [0.3, 0.4) is 0 Å². The molecule has 166 valence electrons. The van der Waals surface area contributed by atoms with Gasteiger partial charge in [0.25, 0.3) is 5.56 Å². The van der Waals surface area contributed by atoms with E-state index in [0.717, 1.165) is 15.9 Å². The number of halogens is 2. The van der Waals surface area contributed by atoms with Crippen molar-refractivity contribution >= 4 is 34.8 Å². The SMILES string of the molecule is CCOC(=O)C1=c2s/c(=C/c3ccccc3F)c(=O)n2C(N)=C(C#N)[C@H]1c1ccccc1F. The van der Waals surface area contributed by atoms with Crippen molar-refractivity contribution in [3.05, 3.63) is 96.4 Å². The van der Waals surface area contributed by atoms with Crippen molar-refractivity contribution in [3.8, 4) is 6.07 Å². The minimum atomic E-state index is -1.17. The van der Waals surface area contributed by atoms with Crippen LogP contribution in [0.5, 0.6) is 0 Å². The van der Waals surface area contributed by atoms with Gasteiger partial charge in [-0.2, -0.15) is 5.26 Å². The fourth-order valence-electron chi connectivity index (χ4n) is 3.71. The Kier molecular flexibility index (Phi) is 5.94. The molecule has 3 aromatic rings. The number of fused-ring (bicyclic) bond motifs is 1. The molecule has 33 heavy (non-hydrogen) atoms. The molecule has 0 saturated carbocycles. The summed E-state index contributed by atoms with van der Waals surface area (Å²) in [5, 5.41) is 9.86. The topological polar surface area (TPSA) is 98.1 Å². The van der Waals surface area contributed by atoms with Crippen LogP contribution in [0.2, 0.25) is 0 Å². The van der Waals surface area contributed by atoms with Crippen molar-refractivity contribution in [2.24, 2.45) is 5.73 Å². The summed E-state index contributed by atoms with van der Waals surface area (Å²) in [5.74, 6) is -3.38. The molecule has 0 aliphatic carbocycles. The van der Waals surface area contributed by atoms with Crippen molar-refractivity contribution in [2.75, 3.05) is 6.61 Å². The van der Waals surface area contributed by atoms with Crippen LogP contribution in [0.15, 0.2) is 58.9 Å². The molecular weight excluding hydrogens is 448 g/mol. The average Bonchev–Trinajstić information content (AvgIpc) is 3.11. The molecule has 0 bridgehead atoms. The molecule has 1 aliphatic rings. The van der Waals surface area contributed by atoms with Crippen LogP contribution in [-0.2, 0) is 9.53 Å². The lowest BCUT2D eigenvalue weighted by molar-refractivity contribution is -0.136. The first kappa shape index (κ1) is 22.2. The van der Waals surface area contributed by atoms with E-state index in [-0.39, 0.29) is 43.9 Å². The zero-order chi connectivity index (χ0) is 23.7. The molecule has 0 radical (unpaired) electrons. The normalized spacial score (nSPS) is 15.9. The highest BCUT2D eigenvalue weighted by molar-refractivity contribution is 7.07. The molecule has 0 amide bonds. The number of nitriles is 1. The number of benzene rings is 2. The van der Waals surface area contributed by atoms with Gasteiger partial charge >= 0.3 is 5.97 Å². The number of thiazole rings is 1. The zero-order valence-electron chi connectivity index (χ0n) is 17.3. The number of ether oxygens (including phenoxy) is 1.